The molecule has 0 saturated heterocycles. The second-order valence-electron chi connectivity index (χ2n) is 4.27. The lowest BCUT2D eigenvalue weighted by atomic mass is 10.1. The normalized spacial score (nSPS) is 12.9. The molecule has 0 aliphatic carbocycles. The van der Waals surface area contributed by atoms with Crippen molar-refractivity contribution in [3.05, 3.63) is 60.2 Å². The highest BCUT2D eigenvalue weighted by atomic mass is 79.9. The van der Waals surface area contributed by atoms with Crippen LogP contribution in [-0.2, 0) is 25.9 Å². The maximum Gasteiger partial charge on any atom is 0.187 e. The van der Waals surface area contributed by atoms with Gasteiger partial charge in [-0.2, -0.15) is 0 Å². The lowest BCUT2D eigenvalue weighted by Crippen LogP contribution is -3.00. The van der Waals surface area contributed by atoms with E-state index in [1.54, 1.807) is 0 Å². The van der Waals surface area contributed by atoms with E-state index in [0.29, 0.717) is 0 Å². The highest BCUT2D eigenvalue weighted by Crippen LogP contribution is 2.01. The van der Waals surface area contributed by atoms with Crippen LogP contribution in [0.2, 0.25) is 0 Å². The Balaban J connectivity index is 0.000000810. The van der Waals surface area contributed by atoms with E-state index < -0.39 is 0 Å². The van der Waals surface area contributed by atoms with Crippen molar-refractivity contribution in [2.75, 3.05) is 0 Å². The minimum absolute atomic E-state index is 0. The molecular formula is C14H16Br2N2. The molecule has 2 nitrogen and oxygen atoms in total. The summed E-state index contributed by atoms with van der Waals surface area (Å²) < 4.78 is 4.74. The molecule has 0 fully saturated rings. The van der Waals surface area contributed by atoms with Gasteiger partial charge in [-0.15, -0.1) is 0 Å². The van der Waals surface area contributed by atoms with E-state index in [-0.39, 0.29) is 34.0 Å². The van der Waals surface area contributed by atoms with Gasteiger partial charge in [0, 0.05) is 24.3 Å². The number of pyridine rings is 2. The number of rotatable bonds is 0. The molecule has 3 heterocycles. The van der Waals surface area contributed by atoms with Crippen molar-refractivity contribution < 1.29 is 43.1 Å². The van der Waals surface area contributed by atoms with E-state index >= 15 is 0 Å². The van der Waals surface area contributed by atoms with Gasteiger partial charge in [0.1, 0.15) is 0 Å². The SMILES string of the molecule is [Br-].[Br-].c1cc[n+]2c(c1)CC[n+]1ccccc1CC2. The zero-order chi connectivity index (χ0) is 10.8. The summed E-state index contributed by atoms with van der Waals surface area (Å²) in [7, 11) is 0. The van der Waals surface area contributed by atoms with Crippen LogP contribution in [0.4, 0.5) is 0 Å². The summed E-state index contributed by atoms with van der Waals surface area (Å²) in [6.07, 6.45) is 6.60. The average Bonchev–Trinajstić information content (AvgIpc) is 2.32. The molecule has 2 aromatic rings. The van der Waals surface area contributed by atoms with E-state index in [1.807, 2.05) is 0 Å². The molecule has 0 amide bonds. The Morgan fingerprint density at radius 2 is 1.11 bits per heavy atom. The molecule has 2 aromatic heterocycles. The summed E-state index contributed by atoms with van der Waals surface area (Å²) in [5, 5.41) is 0. The van der Waals surface area contributed by atoms with Crippen molar-refractivity contribution in [2.24, 2.45) is 0 Å². The second kappa shape index (κ2) is 7.00. The van der Waals surface area contributed by atoms with Gasteiger partial charge in [-0.1, -0.05) is 12.1 Å². The van der Waals surface area contributed by atoms with Gasteiger partial charge in [0.05, 0.1) is 12.8 Å². The first-order valence-electron chi connectivity index (χ1n) is 5.88. The van der Waals surface area contributed by atoms with Crippen molar-refractivity contribution in [1.82, 2.24) is 0 Å². The highest BCUT2D eigenvalue weighted by Gasteiger charge is 2.19. The molecule has 18 heavy (non-hydrogen) atoms. The fourth-order valence-corrected chi connectivity index (χ4v) is 2.38. The van der Waals surface area contributed by atoms with Crippen LogP contribution in [0.25, 0.3) is 0 Å². The third-order valence-electron chi connectivity index (χ3n) is 3.29. The predicted molar refractivity (Wildman–Crippen MR) is 60.7 cm³/mol. The third-order valence-corrected chi connectivity index (χ3v) is 3.29. The Labute approximate surface area is 129 Å². The lowest BCUT2D eigenvalue weighted by Gasteiger charge is -2.08. The molecule has 0 bridgehead atoms. The first kappa shape index (κ1) is 15.3. The van der Waals surface area contributed by atoms with Gasteiger partial charge < -0.3 is 34.0 Å². The van der Waals surface area contributed by atoms with Gasteiger partial charge in [0.2, 0.25) is 0 Å². The van der Waals surface area contributed by atoms with Gasteiger partial charge in [0.25, 0.3) is 0 Å². The number of aryl methyl sites for hydroxylation is 4. The number of aromatic nitrogens is 2. The van der Waals surface area contributed by atoms with E-state index in [0.717, 1.165) is 25.9 Å². The van der Waals surface area contributed by atoms with Crippen LogP contribution < -0.4 is 43.1 Å². The quantitative estimate of drug-likeness (QED) is 0.410. The summed E-state index contributed by atoms with van der Waals surface area (Å²) >= 11 is 0. The van der Waals surface area contributed by atoms with Gasteiger partial charge in [-0.05, 0) is 0 Å². The van der Waals surface area contributed by atoms with Crippen molar-refractivity contribution in [2.45, 2.75) is 25.9 Å². The fraction of sp³-hybridized carbons (Fsp3) is 0.286. The Hall–Kier alpha value is -0.740. The first-order valence-corrected chi connectivity index (χ1v) is 5.88. The molecule has 1 aliphatic heterocycles. The predicted octanol–water partition coefficient (Wildman–Crippen LogP) is -4.93. The maximum atomic E-state index is 2.37. The monoisotopic (exact) mass is 370 g/mol. The zero-order valence-corrected chi connectivity index (χ0v) is 13.3. The number of nitrogens with zero attached hydrogens (tertiary/aromatic N) is 2. The Morgan fingerprint density at radius 1 is 0.667 bits per heavy atom. The van der Waals surface area contributed by atoms with Crippen molar-refractivity contribution >= 4 is 0 Å². The summed E-state index contributed by atoms with van der Waals surface area (Å²) in [6.45, 7) is 2.17. The number of halogens is 2. The third kappa shape index (κ3) is 3.18. The molecule has 0 spiro atoms. The average molecular weight is 372 g/mol. The van der Waals surface area contributed by atoms with E-state index in [9.17, 15) is 0 Å². The molecule has 0 atom stereocenters. The van der Waals surface area contributed by atoms with E-state index in [1.165, 1.54) is 11.4 Å². The maximum absolute atomic E-state index is 2.37. The molecule has 96 valence electrons. The van der Waals surface area contributed by atoms with Gasteiger partial charge in [0.15, 0.2) is 36.9 Å². The molecule has 0 radical (unpaired) electrons. The fourth-order valence-electron chi connectivity index (χ4n) is 2.38. The molecule has 3 rings (SSSR count). The van der Waals surface area contributed by atoms with E-state index in [4.69, 9.17) is 0 Å². The van der Waals surface area contributed by atoms with Crippen LogP contribution in [0, 0.1) is 0 Å². The number of hydrogen-bond acceptors (Lipinski definition) is 0. The van der Waals surface area contributed by atoms with Crippen LogP contribution in [0.5, 0.6) is 0 Å². The Morgan fingerprint density at radius 3 is 1.56 bits per heavy atom. The van der Waals surface area contributed by atoms with E-state index in [2.05, 4.69) is 57.9 Å². The van der Waals surface area contributed by atoms with Gasteiger partial charge in [-0.3, -0.25) is 0 Å². The van der Waals surface area contributed by atoms with Crippen molar-refractivity contribution in [3.8, 4) is 0 Å². The highest BCUT2D eigenvalue weighted by molar-refractivity contribution is 5.00. The zero-order valence-electron chi connectivity index (χ0n) is 10.1. The summed E-state index contributed by atoms with van der Waals surface area (Å²) in [5.74, 6) is 0. The van der Waals surface area contributed by atoms with Crippen LogP contribution in [-0.4, -0.2) is 0 Å². The minimum atomic E-state index is 0. The second-order valence-corrected chi connectivity index (χ2v) is 4.27. The summed E-state index contributed by atoms with van der Waals surface area (Å²) in [4.78, 5) is 0. The molecule has 1 aliphatic rings. The number of hydrogen-bond donors (Lipinski definition) is 0. The van der Waals surface area contributed by atoms with Crippen LogP contribution in [0.1, 0.15) is 11.4 Å². The lowest BCUT2D eigenvalue weighted by molar-refractivity contribution is -0.740. The molecule has 0 N–H and O–H groups in total. The Bertz CT molecular complexity index is 421. The molecule has 0 aromatic carbocycles. The minimum Gasteiger partial charge on any atom is -1.00 e. The van der Waals surface area contributed by atoms with Crippen LogP contribution >= 0.6 is 0 Å². The summed E-state index contributed by atoms with van der Waals surface area (Å²) in [6, 6.07) is 12.9. The standard InChI is InChI=1S/C14H16N2.2BrH/c1-3-9-15-12-8-14-6-2-4-10-16(14)11-7-13(15)5-1;;/h1-6,9-10H,7-8,11-12H2;2*1H/q+2;;/p-2. The van der Waals surface area contributed by atoms with Crippen molar-refractivity contribution in [3.63, 3.8) is 0 Å². The topological polar surface area (TPSA) is 7.76 Å². The van der Waals surface area contributed by atoms with Crippen LogP contribution in [0.15, 0.2) is 48.8 Å². The van der Waals surface area contributed by atoms with Crippen molar-refractivity contribution in [1.29, 1.82) is 0 Å². The first-order chi connectivity index (χ1) is 7.93. The largest absolute Gasteiger partial charge is 1.00 e. The smallest absolute Gasteiger partial charge is 0.187 e. The molecular weight excluding hydrogens is 356 g/mol. The number of fused-ring (bicyclic) bond motifs is 2. The van der Waals surface area contributed by atoms with Gasteiger partial charge in [-0.25, -0.2) is 9.13 Å². The summed E-state index contributed by atoms with van der Waals surface area (Å²) in [5.41, 5.74) is 2.87. The molecule has 0 unspecified atom stereocenters. The molecule has 4 heteroatoms. The van der Waals surface area contributed by atoms with Gasteiger partial charge >= 0.3 is 0 Å². The van der Waals surface area contributed by atoms with Crippen LogP contribution in [0.3, 0.4) is 0 Å². The molecule has 0 saturated carbocycles. The Kier molecular flexibility index (Phi) is 5.96.